The molecule has 2 N–H and O–H groups in total. The number of anilines is 1. The minimum Gasteiger partial charge on any atom is -0.383 e. The fourth-order valence-corrected chi connectivity index (χ4v) is 3.37. The molecule has 2 rings (SSSR count). The first-order valence-electron chi connectivity index (χ1n) is 6.80. The number of nitrogens with two attached hydrogens (primary N) is 1. The predicted octanol–water partition coefficient (Wildman–Crippen LogP) is 4.16. The third kappa shape index (κ3) is 2.68. The minimum atomic E-state index is 0.435. The SMILES string of the molecule is Cc1nn(C2CCC(C(C)(C)C)CC2)c(N)c1I. The molecule has 3 nitrogen and oxygen atoms in total. The van der Waals surface area contributed by atoms with Crippen molar-refractivity contribution in [2.45, 2.75) is 59.4 Å². The van der Waals surface area contributed by atoms with Crippen molar-refractivity contribution in [3.05, 3.63) is 9.26 Å². The Balaban J connectivity index is 2.08. The van der Waals surface area contributed by atoms with Gasteiger partial charge in [0.1, 0.15) is 5.82 Å². The molecule has 0 aromatic carbocycles. The van der Waals surface area contributed by atoms with Crippen molar-refractivity contribution in [3.8, 4) is 0 Å². The molecular weight excluding hydrogens is 337 g/mol. The Morgan fingerprint density at radius 1 is 1.22 bits per heavy atom. The number of hydrogen-bond acceptors (Lipinski definition) is 2. The van der Waals surface area contributed by atoms with Gasteiger partial charge in [0.2, 0.25) is 0 Å². The molecule has 1 aliphatic carbocycles. The molecule has 1 saturated carbocycles. The molecule has 18 heavy (non-hydrogen) atoms. The van der Waals surface area contributed by atoms with E-state index in [0.29, 0.717) is 11.5 Å². The largest absolute Gasteiger partial charge is 0.383 e. The van der Waals surface area contributed by atoms with Crippen LogP contribution in [0, 0.1) is 21.8 Å². The highest BCUT2D eigenvalue weighted by Crippen LogP contribution is 2.42. The number of halogens is 1. The summed E-state index contributed by atoms with van der Waals surface area (Å²) in [5, 5.41) is 4.60. The molecule has 1 aliphatic rings. The summed E-state index contributed by atoms with van der Waals surface area (Å²) in [7, 11) is 0. The lowest BCUT2D eigenvalue weighted by Crippen LogP contribution is -2.27. The molecular formula is C14H24IN3. The maximum atomic E-state index is 6.15. The second-order valence-corrected chi connectivity index (χ2v) is 7.68. The van der Waals surface area contributed by atoms with E-state index in [4.69, 9.17) is 5.73 Å². The van der Waals surface area contributed by atoms with Crippen LogP contribution in [0.3, 0.4) is 0 Å². The zero-order valence-corrected chi connectivity index (χ0v) is 14.0. The normalized spacial score (nSPS) is 25.4. The first-order valence-corrected chi connectivity index (χ1v) is 7.88. The van der Waals surface area contributed by atoms with Gasteiger partial charge in [-0.25, -0.2) is 4.68 Å². The molecule has 4 heteroatoms. The van der Waals surface area contributed by atoms with Crippen molar-refractivity contribution in [2.75, 3.05) is 5.73 Å². The second kappa shape index (κ2) is 5.02. The molecule has 1 aromatic heterocycles. The van der Waals surface area contributed by atoms with Crippen molar-refractivity contribution < 1.29 is 0 Å². The van der Waals surface area contributed by atoms with E-state index in [1.165, 1.54) is 25.7 Å². The highest BCUT2D eigenvalue weighted by atomic mass is 127. The Labute approximate surface area is 124 Å². The fraction of sp³-hybridized carbons (Fsp3) is 0.786. The summed E-state index contributed by atoms with van der Waals surface area (Å²) >= 11 is 2.29. The number of aromatic nitrogens is 2. The molecule has 1 fully saturated rings. The molecule has 0 amide bonds. The molecule has 1 heterocycles. The van der Waals surface area contributed by atoms with Crippen LogP contribution >= 0.6 is 22.6 Å². The Kier molecular flexibility index (Phi) is 3.95. The van der Waals surface area contributed by atoms with Crippen LogP contribution < -0.4 is 5.73 Å². The molecule has 0 atom stereocenters. The lowest BCUT2D eigenvalue weighted by Gasteiger charge is -2.37. The number of hydrogen-bond donors (Lipinski definition) is 1. The maximum absolute atomic E-state index is 6.15. The summed E-state index contributed by atoms with van der Waals surface area (Å²) < 4.78 is 3.18. The van der Waals surface area contributed by atoms with E-state index < -0.39 is 0 Å². The van der Waals surface area contributed by atoms with Gasteiger partial charge in [-0.1, -0.05) is 20.8 Å². The monoisotopic (exact) mass is 361 g/mol. The Morgan fingerprint density at radius 3 is 2.17 bits per heavy atom. The molecule has 102 valence electrons. The van der Waals surface area contributed by atoms with Crippen LogP contribution in [0.25, 0.3) is 0 Å². The Morgan fingerprint density at radius 2 is 1.78 bits per heavy atom. The molecule has 0 unspecified atom stereocenters. The van der Waals surface area contributed by atoms with Crippen molar-refractivity contribution in [3.63, 3.8) is 0 Å². The van der Waals surface area contributed by atoms with E-state index in [0.717, 1.165) is 21.0 Å². The first-order chi connectivity index (χ1) is 8.30. The van der Waals surface area contributed by atoms with E-state index in [9.17, 15) is 0 Å². The summed E-state index contributed by atoms with van der Waals surface area (Å²) in [6.45, 7) is 9.10. The van der Waals surface area contributed by atoms with Crippen LogP contribution in [0.15, 0.2) is 0 Å². The average molecular weight is 361 g/mol. The highest BCUT2D eigenvalue weighted by Gasteiger charge is 2.31. The molecule has 0 spiro atoms. The fourth-order valence-electron chi connectivity index (χ4n) is 3.01. The van der Waals surface area contributed by atoms with Crippen LogP contribution in [0.4, 0.5) is 5.82 Å². The third-order valence-corrected chi connectivity index (χ3v) is 5.65. The van der Waals surface area contributed by atoms with Gasteiger partial charge in [-0.05, 0) is 66.5 Å². The highest BCUT2D eigenvalue weighted by molar-refractivity contribution is 14.1. The van der Waals surface area contributed by atoms with Gasteiger partial charge in [-0.15, -0.1) is 0 Å². The molecule has 0 aliphatic heterocycles. The number of nitrogen functional groups attached to an aromatic ring is 1. The van der Waals surface area contributed by atoms with Crippen LogP contribution in [0.5, 0.6) is 0 Å². The zero-order chi connectivity index (χ0) is 13.5. The van der Waals surface area contributed by atoms with Gasteiger partial charge in [0.05, 0.1) is 15.3 Å². The summed E-state index contributed by atoms with van der Waals surface area (Å²) in [5.74, 6) is 1.69. The summed E-state index contributed by atoms with van der Waals surface area (Å²) in [5.41, 5.74) is 7.64. The number of aryl methyl sites for hydroxylation is 1. The standard InChI is InChI=1S/C14H24IN3/c1-9-12(15)13(16)18(17-9)11-7-5-10(6-8-11)14(2,3)4/h10-11H,5-8,16H2,1-4H3. The maximum Gasteiger partial charge on any atom is 0.135 e. The number of rotatable bonds is 1. The van der Waals surface area contributed by atoms with E-state index in [2.05, 4.69) is 53.1 Å². The van der Waals surface area contributed by atoms with E-state index in [1.54, 1.807) is 0 Å². The van der Waals surface area contributed by atoms with Crippen molar-refractivity contribution in [2.24, 2.45) is 11.3 Å². The quantitative estimate of drug-likeness (QED) is 0.764. The summed E-state index contributed by atoms with van der Waals surface area (Å²) in [6, 6.07) is 0.505. The Hall–Kier alpha value is -0.260. The van der Waals surface area contributed by atoms with Crippen molar-refractivity contribution in [1.82, 2.24) is 9.78 Å². The minimum absolute atomic E-state index is 0.435. The van der Waals surface area contributed by atoms with Gasteiger partial charge >= 0.3 is 0 Å². The average Bonchev–Trinajstić information content (AvgIpc) is 2.56. The van der Waals surface area contributed by atoms with Gasteiger partial charge in [0, 0.05) is 0 Å². The summed E-state index contributed by atoms with van der Waals surface area (Å²) in [6.07, 6.45) is 5.01. The van der Waals surface area contributed by atoms with Crippen LogP contribution in [-0.4, -0.2) is 9.78 Å². The van der Waals surface area contributed by atoms with E-state index in [-0.39, 0.29) is 0 Å². The second-order valence-electron chi connectivity index (χ2n) is 6.60. The molecule has 0 bridgehead atoms. The van der Waals surface area contributed by atoms with Crippen LogP contribution in [-0.2, 0) is 0 Å². The first kappa shape index (κ1) is 14.2. The smallest absolute Gasteiger partial charge is 0.135 e. The van der Waals surface area contributed by atoms with Crippen molar-refractivity contribution >= 4 is 28.4 Å². The lowest BCUT2D eigenvalue weighted by molar-refractivity contribution is 0.148. The van der Waals surface area contributed by atoms with Crippen LogP contribution in [0.1, 0.15) is 58.2 Å². The van der Waals surface area contributed by atoms with Gasteiger partial charge in [0.15, 0.2) is 0 Å². The van der Waals surface area contributed by atoms with Gasteiger partial charge in [-0.3, -0.25) is 0 Å². The molecule has 0 radical (unpaired) electrons. The van der Waals surface area contributed by atoms with Crippen LogP contribution in [0.2, 0.25) is 0 Å². The zero-order valence-electron chi connectivity index (χ0n) is 11.8. The van der Waals surface area contributed by atoms with Gasteiger partial charge < -0.3 is 5.73 Å². The van der Waals surface area contributed by atoms with E-state index in [1.807, 2.05) is 6.92 Å². The molecule has 0 saturated heterocycles. The number of nitrogens with zero attached hydrogens (tertiary/aromatic N) is 2. The molecule has 1 aromatic rings. The summed E-state index contributed by atoms with van der Waals surface area (Å²) in [4.78, 5) is 0. The topological polar surface area (TPSA) is 43.8 Å². The predicted molar refractivity (Wildman–Crippen MR) is 84.5 cm³/mol. The Bertz CT molecular complexity index is 423. The van der Waals surface area contributed by atoms with Crippen molar-refractivity contribution in [1.29, 1.82) is 0 Å². The van der Waals surface area contributed by atoms with Gasteiger partial charge in [0.25, 0.3) is 0 Å². The van der Waals surface area contributed by atoms with Gasteiger partial charge in [-0.2, -0.15) is 5.10 Å². The lowest BCUT2D eigenvalue weighted by atomic mass is 9.71. The third-order valence-electron chi connectivity index (χ3n) is 4.31. The van der Waals surface area contributed by atoms with E-state index >= 15 is 0 Å².